The molecule has 0 aromatic heterocycles. The number of nitrogens with zero attached hydrogens (tertiary/aromatic N) is 1. The van der Waals surface area contributed by atoms with E-state index in [1.54, 1.807) is 60.6 Å². The molecule has 0 heterocycles. The molecule has 0 aliphatic heterocycles. The Labute approximate surface area is 230 Å². The second-order valence-electron chi connectivity index (χ2n) is 10.7. The number of phenols is 1. The first-order valence-electron chi connectivity index (χ1n) is 12.6. The average Bonchev–Trinajstić information content (AvgIpc) is 2.77. The molecule has 1 aromatic carbocycles. The minimum Gasteiger partial charge on any atom is -0.508 e. The molecule has 3 amide bonds. The van der Waals surface area contributed by atoms with E-state index in [0.29, 0.717) is 17.7 Å². The van der Waals surface area contributed by atoms with Gasteiger partial charge in [0.15, 0.2) is 0 Å². The van der Waals surface area contributed by atoms with Crippen LogP contribution in [-0.2, 0) is 23.9 Å². The van der Waals surface area contributed by atoms with Crippen molar-refractivity contribution >= 4 is 35.6 Å². The molecule has 1 rings (SSSR count). The number of ether oxygens (including phenoxy) is 2. The number of esters is 1. The van der Waals surface area contributed by atoms with Crippen molar-refractivity contribution in [2.24, 2.45) is 0 Å². The topological polar surface area (TPSA) is 134 Å². The number of rotatable bonds is 12. The molecule has 0 saturated heterocycles. The maximum Gasteiger partial charge on any atom is 0.408 e. The fourth-order valence-electron chi connectivity index (χ4n) is 3.69. The van der Waals surface area contributed by atoms with Gasteiger partial charge >= 0.3 is 12.1 Å². The second kappa shape index (κ2) is 14.8. The summed E-state index contributed by atoms with van der Waals surface area (Å²) in [6.07, 6.45) is 1.43. The summed E-state index contributed by atoms with van der Waals surface area (Å²) < 4.78 is 10.3. The zero-order valence-corrected chi connectivity index (χ0v) is 24.6. The van der Waals surface area contributed by atoms with Crippen LogP contribution in [0.15, 0.2) is 24.3 Å². The number of alkyl carbamates (subject to hydrolysis) is 1. The predicted molar refractivity (Wildman–Crippen MR) is 148 cm³/mol. The molecule has 0 spiro atoms. The van der Waals surface area contributed by atoms with Crippen molar-refractivity contribution < 1.29 is 33.8 Å². The fourth-order valence-corrected chi connectivity index (χ4v) is 4.16. The fraction of sp³-hybridized carbons (Fsp3) is 0.630. The third-order valence-corrected chi connectivity index (χ3v) is 5.83. The Balaban J connectivity index is 3.45. The van der Waals surface area contributed by atoms with E-state index in [0.717, 1.165) is 0 Å². The molecule has 1 aromatic rings. The van der Waals surface area contributed by atoms with E-state index in [4.69, 9.17) is 9.47 Å². The molecule has 2 atom stereocenters. The summed E-state index contributed by atoms with van der Waals surface area (Å²) in [4.78, 5) is 53.5. The Morgan fingerprint density at radius 1 is 1.11 bits per heavy atom. The van der Waals surface area contributed by atoms with Gasteiger partial charge in [0.2, 0.25) is 11.8 Å². The Kier molecular flexibility index (Phi) is 12.9. The summed E-state index contributed by atoms with van der Waals surface area (Å²) in [6.45, 7) is 12.5. The molecule has 0 saturated carbocycles. The van der Waals surface area contributed by atoms with Gasteiger partial charge in [-0.3, -0.25) is 14.4 Å². The number of hydrogen-bond donors (Lipinski definition) is 3. The minimum atomic E-state index is -1.16. The predicted octanol–water partition coefficient (Wildman–Crippen LogP) is 3.78. The van der Waals surface area contributed by atoms with Gasteiger partial charge in [-0.25, -0.2) is 4.79 Å². The van der Waals surface area contributed by atoms with Gasteiger partial charge in [-0.05, 0) is 84.6 Å². The molecule has 0 aliphatic rings. The summed E-state index contributed by atoms with van der Waals surface area (Å²) in [6, 6.07) is 3.98. The van der Waals surface area contributed by atoms with Crippen LogP contribution in [0.4, 0.5) is 4.79 Å². The van der Waals surface area contributed by atoms with Gasteiger partial charge in [0.25, 0.3) is 0 Å². The summed E-state index contributed by atoms with van der Waals surface area (Å²) in [5.41, 5.74) is -1.26. The minimum absolute atomic E-state index is 0.00518. The Morgan fingerprint density at radius 3 is 2.29 bits per heavy atom. The number of hydrogen-bond acceptors (Lipinski definition) is 8. The van der Waals surface area contributed by atoms with Crippen LogP contribution in [0.2, 0.25) is 0 Å². The highest BCUT2D eigenvalue weighted by Gasteiger charge is 2.41. The third-order valence-electron chi connectivity index (χ3n) is 5.19. The molecule has 0 aliphatic carbocycles. The van der Waals surface area contributed by atoms with Crippen molar-refractivity contribution in [1.82, 2.24) is 15.5 Å². The van der Waals surface area contributed by atoms with Crippen molar-refractivity contribution in [2.75, 3.05) is 25.2 Å². The van der Waals surface area contributed by atoms with Gasteiger partial charge in [0, 0.05) is 12.1 Å². The summed E-state index contributed by atoms with van der Waals surface area (Å²) in [7, 11) is 0. The standard InChI is InChI=1S/C27H43N3O7S/c1-9-36-21(32)13-15-28-23(33)22(18-11-10-12-19(31)17-18)30(26(2,3)4)24(34)20(14-16-38-8)29-25(35)37-27(5,6)7/h10-12,17,20,22,31H,9,13-16H2,1-8H3,(H,28,33)(H,29,35). The smallest absolute Gasteiger partial charge is 0.408 e. The van der Waals surface area contributed by atoms with Crippen LogP contribution in [0.25, 0.3) is 0 Å². The molecule has 214 valence electrons. The van der Waals surface area contributed by atoms with Gasteiger partial charge in [0.1, 0.15) is 23.4 Å². The number of phenolic OH excluding ortho intramolecular Hbond substituents is 1. The lowest BCUT2D eigenvalue weighted by atomic mass is 9.95. The van der Waals surface area contributed by atoms with E-state index in [1.165, 1.54) is 28.8 Å². The van der Waals surface area contributed by atoms with Gasteiger partial charge < -0.3 is 30.1 Å². The van der Waals surface area contributed by atoms with E-state index >= 15 is 0 Å². The van der Waals surface area contributed by atoms with Gasteiger partial charge in [-0.2, -0.15) is 11.8 Å². The average molecular weight is 554 g/mol. The summed E-state index contributed by atoms with van der Waals surface area (Å²) in [5.74, 6) is -0.967. The highest BCUT2D eigenvalue weighted by molar-refractivity contribution is 7.98. The molecule has 10 nitrogen and oxygen atoms in total. The highest BCUT2D eigenvalue weighted by atomic mass is 32.2. The van der Waals surface area contributed by atoms with Crippen molar-refractivity contribution in [3.8, 4) is 5.75 Å². The largest absolute Gasteiger partial charge is 0.508 e. The van der Waals surface area contributed by atoms with E-state index < -0.39 is 47.1 Å². The molecule has 0 radical (unpaired) electrons. The van der Waals surface area contributed by atoms with Crippen LogP contribution in [-0.4, -0.2) is 76.2 Å². The molecular formula is C27H43N3O7S. The van der Waals surface area contributed by atoms with Gasteiger partial charge in [-0.1, -0.05) is 12.1 Å². The first kappa shape index (κ1) is 33.1. The van der Waals surface area contributed by atoms with E-state index in [-0.39, 0.29) is 25.3 Å². The lowest BCUT2D eigenvalue weighted by Gasteiger charge is -2.43. The molecule has 0 bridgehead atoms. The molecule has 2 unspecified atom stereocenters. The monoisotopic (exact) mass is 553 g/mol. The normalized spacial score (nSPS) is 13.2. The van der Waals surface area contributed by atoms with Crippen LogP contribution in [0.1, 0.15) is 72.9 Å². The quantitative estimate of drug-likeness (QED) is 0.333. The zero-order chi connectivity index (χ0) is 29.1. The Hall–Kier alpha value is -2.95. The van der Waals surface area contributed by atoms with Crippen molar-refractivity contribution in [3.05, 3.63) is 29.8 Å². The number of amides is 3. The number of nitrogens with one attached hydrogen (secondary N) is 2. The molecular weight excluding hydrogens is 510 g/mol. The first-order chi connectivity index (χ1) is 17.6. The second-order valence-corrected chi connectivity index (χ2v) is 11.7. The van der Waals surface area contributed by atoms with E-state index in [9.17, 15) is 24.3 Å². The maximum atomic E-state index is 14.1. The van der Waals surface area contributed by atoms with Crippen LogP contribution in [0, 0.1) is 0 Å². The zero-order valence-electron chi connectivity index (χ0n) is 23.8. The lowest BCUT2D eigenvalue weighted by Crippen LogP contribution is -2.58. The van der Waals surface area contributed by atoms with Crippen molar-refractivity contribution in [2.45, 2.75) is 84.5 Å². The van der Waals surface area contributed by atoms with Crippen LogP contribution < -0.4 is 10.6 Å². The van der Waals surface area contributed by atoms with Crippen LogP contribution in [0.5, 0.6) is 5.75 Å². The highest BCUT2D eigenvalue weighted by Crippen LogP contribution is 2.32. The molecule has 0 fully saturated rings. The van der Waals surface area contributed by atoms with Gasteiger partial charge in [-0.15, -0.1) is 0 Å². The van der Waals surface area contributed by atoms with Gasteiger partial charge in [0.05, 0.1) is 13.0 Å². The van der Waals surface area contributed by atoms with Crippen molar-refractivity contribution in [1.29, 1.82) is 0 Å². The van der Waals surface area contributed by atoms with E-state index in [2.05, 4.69) is 10.6 Å². The maximum absolute atomic E-state index is 14.1. The van der Waals surface area contributed by atoms with Crippen LogP contribution >= 0.6 is 11.8 Å². The van der Waals surface area contributed by atoms with Crippen LogP contribution in [0.3, 0.4) is 0 Å². The van der Waals surface area contributed by atoms with Crippen molar-refractivity contribution in [3.63, 3.8) is 0 Å². The molecule has 11 heteroatoms. The number of carbonyl (C=O) groups excluding carboxylic acids is 4. The Bertz CT molecular complexity index is 957. The SMILES string of the molecule is CCOC(=O)CCNC(=O)C(c1cccc(O)c1)N(C(=O)C(CCSC)NC(=O)OC(C)(C)C)C(C)(C)C. The lowest BCUT2D eigenvalue weighted by molar-refractivity contribution is -0.149. The van der Waals surface area contributed by atoms with E-state index in [1.807, 2.05) is 6.26 Å². The Morgan fingerprint density at radius 2 is 1.76 bits per heavy atom. The number of aromatic hydroxyl groups is 1. The number of carbonyl (C=O) groups is 4. The summed E-state index contributed by atoms with van der Waals surface area (Å²) in [5, 5.41) is 15.6. The first-order valence-corrected chi connectivity index (χ1v) is 14.0. The number of thioether (sulfide) groups is 1. The molecule has 3 N–H and O–H groups in total. The summed E-state index contributed by atoms with van der Waals surface area (Å²) >= 11 is 1.52. The number of benzene rings is 1. The third kappa shape index (κ3) is 11.2. The molecule has 38 heavy (non-hydrogen) atoms.